The van der Waals surface area contributed by atoms with Crippen LogP contribution in [0, 0.1) is 0 Å². The molecule has 138 valence electrons. The normalized spacial score (nSPS) is 10.8. The first kappa shape index (κ1) is 17.1. The summed E-state index contributed by atoms with van der Waals surface area (Å²) >= 11 is 0. The van der Waals surface area contributed by atoms with Crippen LogP contribution in [0.2, 0.25) is 0 Å². The van der Waals surface area contributed by atoms with E-state index in [9.17, 15) is 0 Å². The molecule has 29 heavy (non-hydrogen) atoms. The zero-order valence-corrected chi connectivity index (χ0v) is 15.7. The van der Waals surface area contributed by atoms with Gasteiger partial charge in [0.15, 0.2) is 0 Å². The van der Waals surface area contributed by atoms with Crippen molar-refractivity contribution in [2.24, 2.45) is 0 Å². The second-order valence-corrected chi connectivity index (χ2v) is 6.64. The summed E-state index contributed by atoms with van der Waals surface area (Å²) < 4.78 is 2.20. The summed E-state index contributed by atoms with van der Waals surface area (Å²) in [4.78, 5) is 13.5. The lowest BCUT2D eigenvalue weighted by Crippen LogP contribution is -2.00. The highest BCUT2D eigenvalue weighted by Gasteiger charge is 2.22. The summed E-state index contributed by atoms with van der Waals surface area (Å²) in [6.07, 6.45) is 7.21. The van der Waals surface area contributed by atoms with E-state index in [1.165, 1.54) is 0 Å². The molecule has 0 N–H and O–H groups in total. The van der Waals surface area contributed by atoms with E-state index in [4.69, 9.17) is 4.98 Å². The third-order valence-electron chi connectivity index (χ3n) is 4.83. The molecule has 4 heteroatoms. The quantitative estimate of drug-likeness (QED) is 0.407. The average molecular weight is 374 g/mol. The molecule has 0 bridgehead atoms. The maximum Gasteiger partial charge on any atom is 0.145 e. The molecular weight excluding hydrogens is 356 g/mol. The number of aromatic nitrogens is 4. The molecule has 0 spiro atoms. The van der Waals surface area contributed by atoms with Crippen LogP contribution in [0.5, 0.6) is 0 Å². The van der Waals surface area contributed by atoms with Crippen molar-refractivity contribution in [1.82, 2.24) is 19.5 Å². The van der Waals surface area contributed by atoms with Crippen LogP contribution in [0.4, 0.5) is 0 Å². The van der Waals surface area contributed by atoms with Crippen molar-refractivity contribution in [2.45, 2.75) is 0 Å². The van der Waals surface area contributed by atoms with Crippen molar-refractivity contribution < 1.29 is 0 Å². The van der Waals surface area contributed by atoms with Gasteiger partial charge in [-0.2, -0.15) is 0 Å². The van der Waals surface area contributed by atoms with Crippen molar-refractivity contribution in [3.05, 3.63) is 110 Å². The number of nitrogens with zero attached hydrogens (tertiary/aromatic N) is 4. The van der Waals surface area contributed by atoms with Gasteiger partial charge in [0.25, 0.3) is 0 Å². The SMILES string of the molecule is c1ccc(-c2nc(-c3ccncc3)n(-c3ccncc3)c2-c2ccccc2)cc1. The molecule has 0 aliphatic rings. The molecular formula is C25H18N4. The minimum absolute atomic E-state index is 0.872. The van der Waals surface area contributed by atoms with Gasteiger partial charge in [0.1, 0.15) is 5.82 Å². The molecule has 0 aliphatic heterocycles. The molecule has 4 nitrogen and oxygen atoms in total. The fourth-order valence-electron chi connectivity index (χ4n) is 3.52. The van der Waals surface area contributed by atoms with E-state index >= 15 is 0 Å². The highest BCUT2D eigenvalue weighted by atomic mass is 15.1. The molecule has 5 aromatic rings. The lowest BCUT2D eigenvalue weighted by molar-refractivity contribution is 1.06. The highest BCUT2D eigenvalue weighted by molar-refractivity contribution is 5.84. The Labute approximate surface area is 169 Å². The first-order valence-corrected chi connectivity index (χ1v) is 9.46. The van der Waals surface area contributed by atoms with Crippen molar-refractivity contribution in [2.75, 3.05) is 0 Å². The van der Waals surface area contributed by atoms with Crippen LogP contribution in [0.1, 0.15) is 0 Å². The summed E-state index contributed by atoms with van der Waals surface area (Å²) in [5.41, 5.74) is 6.21. The van der Waals surface area contributed by atoms with Crippen LogP contribution >= 0.6 is 0 Å². The largest absolute Gasteiger partial charge is 0.292 e. The number of imidazole rings is 1. The van der Waals surface area contributed by atoms with Gasteiger partial charge in [-0.3, -0.25) is 14.5 Å². The van der Waals surface area contributed by atoms with Gasteiger partial charge in [-0.05, 0) is 24.3 Å². The molecule has 0 unspecified atom stereocenters. The Hall–Kier alpha value is -4.05. The number of hydrogen-bond donors (Lipinski definition) is 0. The molecule has 5 rings (SSSR count). The predicted octanol–water partition coefficient (Wildman–Crippen LogP) is 5.66. The number of benzene rings is 2. The molecule has 0 radical (unpaired) electrons. The Morgan fingerprint density at radius 3 is 1.69 bits per heavy atom. The minimum atomic E-state index is 0.872. The molecule has 0 aliphatic carbocycles. The van der Waals surface area contributed by atoms with Crippen molar-refractivity contribution in [3.8, 4) is 39.6 Å². The van der Waals surface area contributed by atoms with Crippen LogP contribution < -0.4 is 0 Å². The van der Waals surface area contributed by atoms with Gasteiger partial charge >= 0.3 is 0 Å². The van der Waals surface area contributed by atoms with E-state index in [1.807, 2.05) is 60.9 Å². The summed E-state index contributed by atoms with van der Waals surface area (Å²) in [6.45, 7) is 0. The van der Waals surface area contributed by atoms with Crippen molar-refractivity contribution in [1.29, 1.82) is 0 Å². The second kappa shape index (κ2) is 7.52. The summed E-state index contributed by atoms with van der Waals surface area (Å²) in [5.74, 6) is 0.872. The molecule has 0 saturated heterocycles. The smallest absolute Gasteiger partial charge is 0.145 e. The van der Waals surface area contributed by atoms with E-state index in [2.05, 4.69) is 50.9 Å². The highest BCUT2D eigenvalue weighted by Crippen LogP contribution is 2.38. The van der Waals surface area contributed by atoms with Crippen molar-refractivity contribution in [3.63, 3.8) is 0 Å². The van der Waals surface area contributed by atoms with E-state index < -0.39 is 0 Å². The molecule has 3 aromatic heterocycles. The van der Waals surface area contributed by atoms with Crippen molar-refractivity contribution >= 4 is 0 Å². The number of rotatable bonds is 4. The maximum absolute atomic E-state index is 5.12. The Kier molecular flexibility index (Phi) is 4.43. The Bertz CT molecular complexity index is 1120. The van der Waals surface area contributed by atoms with E-state index in [0.29, 0.717) is 0 Å². The van der Waals surface area contributed by atoms with Gasteiger partial charge in [0, 0.05) is 41.5 Å². The molecule has 3 heterocycles. The first-order valence-electron chi connectivity index (χ1n) is 9.46. The fraction of sp³-hybridized carbons (Fsp3) is 0. The Morgan fingerprint density at radius 2 is 1.07 bits per heavy atom. The molecule has 0 fully saturated rings. The standard InChI is InChI=1S/C25H18N4/c1-3-7-19(8-4-1)23-24(20-9-5-2-6-10-20)29(22-13-17-27-18-14-22)25(28-23)21-11-15-26-16-12-21/h1-18H. The van der Waals surface area contributed by atoms with E-state index in [0.717, 1.165) is 39.6 Å². The number of pyridine rings is 2. The van der Waals surface area contributed by atoms with E-state index in [1.54, 1.807) is 12.4 Å². The zero-order valence-electron chi connectivity index (χ0n) is 15.7. The third-order valence-corrected chi connectivity index (χ3v) is 4.83. The lowest BCUT2D eigenvalue weighted by atomic mass is 10.0. The number of hydrogen-bond acceptors (Lipinski definition) is 3. The average Bonchev–Trinajstić information content (AvgIpc) is 3.22. The van der Waals surface area contributed by atoms with Crippen LogP contribution in [0.25, 0.3) is 39.6 Å². The van der Waals surface area contributed by atoms with E-state index in [-0.39, 0.29) is 0 Å². The van der Waals surface area contributed by atoms with Gasteiger partial charge in [0.2, 0.25) is 0 Å². The molecule has 0 saturated carbocycles. The third kappa shape index (κ3) is 3.21. The second-order valence-electron chi connectivity index (χ2n) is 6.64. The van der Waals surface area contributed by atoms with Crippen LogP contribution in [-0.4, -0.2) is 19.5 Å². The van der Waals surface area contributed by atoms with Crippen LogP contribution in [0.15, 0.2) is 110 Å². The molecule has 0 atom stereocenters. The van der Waals surface area contributed by atoms with Gasteiger partial charge in [-0.25, -0.2) is 4.98 Å². The topological polar surface area (TPSA) is 43.6 Å². The fourth-order valence-corrected chi connectivity index (χ4v) is 3.52. The maximum atomic E-state index is 5.12. The van der Waals surface area contributed by atoms with Gasteiger partial charge < -0.3 is 0 Å². The monoisotopic (exact) mass is 374 g/mol. The minimum Gasteiger partial charge on any atom is -0.292 e. The van der Waals surface area contributed by atoms with Crippen LogP contribution in [-0.2, 0) is 0 Å². The molecule has 0 amide bonds. The van der Waals surface area contributed by atoms with Gasteiger partial charge in [-0.15, -0.1) is 0 Å². The first-order chi connectivity index (χ1) is 14.4. The Morgan fingerprint density at radius 1 is 0.517 bits per heavy atom. The van der Waals surface area contributed by atoms with Gasteiger partial charge in [0.05, 0.1) is 17.1 Å². The van der Waals surface area contributed by atoms with Gasteiger partial charge in [-0.1, -0.05) is 60.7 Å². The summed E-state index contributed by atoms with van der Waals surface area (Å²) in [7, 11) is 0. The molecule has 2 aromatic carbocycles. The summed E-state index contributed by atoms with van der Waals surface area (Å²) in [5, 5.41) is 0. The predicted molar refractivity (Wildman–Crippen MR) is 115 cm³/mol. The lowest BCUT2D eigenvalue weighted by Gasteiger charge is -2.13. The Balaban J connectivity index is 1.89. The zero-order chi connectivity index (χ0) is 19.5. The summed E-state index contributed by atoms with van der Waals surface area (Å²) in [6, 6.07) is 28.7. The van der Waals surface area contributed by atoms with Crippen LogP contribution in [0.3, 0.4) is 0 Å².